The van der Waals surface area contributed by atoms with Crippen LogP contribution in [0.3, 0.4) is 0 Å². The Balaban J connectivity index is 1.77. The summed E-state index contributed by atoms with van der Waals surface area (Å²) < 4.78 is 31.9. The lowest BCUT2D eigenvalue weighted by atomic mass is 10.1. The Bertz CT molecular complexity index is 867. The molecule has 0 saturated heterocycles. The van der Waals surface area contributed by atoms with E-state index in [4.69, 9.17) is 4.42 Å². The SMILES string of the molecule is O=C(/C=C/c1ccc(-c2ccc(F)cc2)o1)c1ccncc1F. The molecule has 0 saturated carbocycles. The van der Waals surface area contributed by atoms with E-state index in [1.165, 1.54) is 36.5 Å². The van der Waals surface area contributed by atoms with Gasteiger partial charge in [-0.1, -0.05) is 0 Å². The van der Waals surface area contributed by atoms with E-state index in [9.17, 15) is 13.6 Å². The summed E-state index contributed by atoms with van der Waals surface area (Å²) in [5.74, 6) is -0.497. The van der Waals surface area contributed by atoms with E-state index in [1.54, 1.807) is 24.3 Å². The minimum absolute atomic E-state index is 0.0541. The molecule has 0 amide bonds. The number of aromatic nitrogens is 1. The highest BCUT2D eigenvalue weighted by molar-refractivity contribution is 6.06. The smallest absolute Gasteiger partial charge is 0.189 e. The van der Waals surface area contributed by atoms with Gasteiger partial charge in [0, 0.05) is 11.8 Å². The number of carbonyl (C=O) groups excluding carboxylic acids is 1. The summed E-state index contributed by atoms with van der Waals surface area (Å²) in [6.45, 7) is 0. The minimum atomic E-state index is -0.673. The Labute approximate surface area is 130 Å². The number of carbonyl (C=O) groups is 1. The van der Waals surface area contributed by atoms with E-state index in [0.717, 1.165) is 11.8 Å². The van der Waals surface area contributed by atoms with Crippen molar-refractivity contribution in [2.45, 2.75) is 0 Å². The van der Waals surface area contributed by atoms with Gasteiger partial charge in [0.2, 0.25) is 0 Å². The number of hydrogen-bond donors (Lipinski definition) is 0. The van der Waals surface area contributed by atoms with Crippen molar-refractivity contribution >= 4 is 11.9 Å². The maximum Gasteiger partial charge on any atom is 0.189 e. The molecule has 0 aliphatic rings. The van der Waals surface area contributed by atoms with Crippen molar-refractivity contribution in [3.8, 4) is 11.3 Å². The molecule has 1 aromatic carbocycles. The van der Waals surface area contributed by atoms with E-state index >= 15 is 0 Å². The summed E-state index contributed by atoms with van der Waals surface area (Å²) in [5, 5.41) is 0. The molecule has 0 aliphatic heterocycles. The zero-order chi connectivity index (χ0) is 16.2. The number of allylic oxidation sites excluding steroid dienone is 1. The van der Waals surface area contributed by atoms with Crippen molar-refractivity contribution < 1.29 is 18.0 Å². The molecular weight excluding hydrogens is 300 g/mol. The van der Waals surface area contributed by atoms with Crippen LogP contribution in [0.1, 0.15) is 16.1 Å². The number of nitrogens with zero attached hydrogens (tertiary/aromatic N) is 1. The number of pyridine rings is 1. The lowest BCUT2D eigenvalue weighted by Crippen LogP contribution is -1.98. The van der Waals surface area contributed by atoms with Gasteiger partial charge in [-0.15, -0.1) is 0 Å². The van der Waals surface area contributed by atoms with E-state index in [-0.39, 0.29) is 11.4 Å². The molecule has 23 heavy (non-hydrogen) atoms. The third kappa shape index (κ3) is 3.40. The number of halogens is 2. The van der Waals surface area contributed by atoms with Gasteiger partial charge in [0.25, 0.3) is 0 Å². The highest BCUT2D eigenvalue weighted by atomic mass is 19.1. The van der Waals surface area contributed by atoms with Crippen molar-refractivity contribution in [2.75, 3.05) is 0 Å². The Morgan fingerprint density at radius 2 is 1.83 bits per heavy atom. The molecule has 0 bridgehead atoms. The van der Waals surface area contributed by atoms with Crippen molar-refractivity contribution in [2.24, 2.45) is 0 Å². The number of rotatable bonds is 4. The van der Waals surface area contributed by atoms with Crippen LogP contribution in [0.5, 0.6) is 0 Å². The van der Waals surface area contributed by atoms with Gasteiger partial charge in [-0.3, -0.25) is 9.78 Å². The first-order chi connectivity index (χ1) is 11.1. The monoisotopic (exact) mass is 311 g/mol. The predicted molar refractivity (Wildman–Crippen MR) is 81.7 cm³/mol. The molecular formula is C18H11F2NO2. The topological polar surface area (TPSA) is 43.1 Å². The average Bonchev–Trinajstić information content (AvgIpc) is 3.03. The van der Waals surface area contributed by atoms with Gasteiger partial charge in [-0.2, -0.15) is 0 Å². The first-order valence-corrected chi connectivity index (χ1v) is 6.81. The van der Waals surface area contributed by atoms with Gasteiger partial charge in [0.05, 0.1) is 11.8 Å². The quantitative estimate of drug-likeness (QED) is 0.526. The molecule has 0 radical (unpaired) electrons. The van der Waals surface area contributed by atoms with Crippen molar-refractivity contribution in [1.29, 1.82) is 0 Å². The molecule has 0 aliphatic carbocycles. The fourth-order valence-corrected chi connectivity index (χ4v) is 2.03. The number of ketones is 1. The molecule has 3 rings (SSSR count). The second kappa shape index (κ2) is 6.36. The maximum absolute atomic E-state index is 13.5. The van der Waals surface area contributed by atoms with Gasteiger partial charge in [0.15, 0.2) is 11.6 Å². The summed E-state index contributed by atoms with van der Waals surface area (Å²) in [7, 11) is 0. The molecule has 114 valence electrons. The standard InChI is InChI=1S/C18H11F2NO2/c19-13-3-1-12(2-4-13)18-8-6-14(23-18)5-7-17(22)15-9-10-21-11-16(15)20/h1-11H/b7-5+. The fourth-order valence-electron chi connectivity index (χ4n) is 2.03. The van der Waals surface area contributed by atoms with Crippen molar-refractivity contribution in [3.05, 3.63) is 83.9 Å². The Morgan fingerprint density at radius 1 is 1.04 bits per heavy atom. The van der Waals surface area contributed by atoms with Crippen LogP contribution in [0.4, 0.5) is 8.78 Å². The van der Waals surface area contributed by atoms with Crippen LogP contribution in [0.25, 0.3) is 17.4 Å². The van der Waals surface area contributed by atoms with Crippen LogP contribution in [-0.4, -0.2) is 10.8 Å². The third-order valence-electron chi connectivity index (χ3n) is 3.19. The minimum Gasteiger partial charge on any atom is -0.457 e. The highest BCUT2D eigenvalue weighted by Gasteiger charge is 2.09. The van der Waals surface area contributed by atoms with Gasteiger partial charge >= 0.3 is 0 Å². The van der Waals surface area contributed by atoms with Crippen LogP contribution in [-0.2, 0) is 0 Å². The molecule has 5 heteroatoms. The number of benzene rings is 1. The first kappa shape index (κ1) is 14.8. The van der Waals surface area contributed by atoms with Crippen LogP contribution >= 0.6 is 0 Å². The molecule has 0 fully saturated rings. The van der Waals surface area contributed by atoms with Gasteiger partial charge in [0.1, 0.15) is 17.3 Å². The summed E-state index contributed by atoms with van der Waals surface area (Å²) in [4.78, 5) is 15.5. The Hall–Kier alpha value is -3.08. The van der Waals surface area contributed by atoms with Crippen LogP contribution in [0.2, 0.25) is 0 Å². The molecule has 3 nitrogen and oxygen atoms in total. The van der Waals surface area contributed by atoms with E-state index in [0.29, 0.717) is 11.5 Å². The summed E-state index contributed by atoms with van der Waals surface area (Å²) in [5.41, 5.74) is 0.666. The lowest BCUT2D eigenvalue weighted by molar-refractivity contribution is 0.104. The van der Waals surface area contributed by atoms with Gasteiger partial charge < -0.3 is 4.42 Å². The second-order valence-corrected chi connectivity index (χ2v) is 4.76. The molecule has 0 unspecified atom stereocenters. The Kier molecular flexibility index (Phi) is 4.10. The molecule has 3 aromatic rings. The number of furan rings is 1. The molecule has 2 heterocycles. The molecule has 0 N–H and O–H groups in total. The summed E-state index contributed by atoms with van der Waals surface area (Å²) >= 11 is 0. The zero-order valence-corrected chi connectivity index (χ0v) is 11.9. The van der Waals surface area contributed by atoms with Crippen LogP contribution < -0.4 is 0 Å². The van der Waals surface area contributed by atoms with Gasteiger partial charge in [-0.05, 0) is 54.6 Å². The van der Waals surface area contributed by atoms with E-state index in [1.807, 2.05) is 0 Å². The van der Waals surface area contributed by atoms with Crippen LogP contribution in [0.15, 0.2) is 65.4 Å². The maximum atomic E-state index is 13.5. The molecule has 2 aromatic heterocycles. The van der Waals surface area contributed by atoms with Crippen LogP contribution in [0, 0.1) is 11.6 Å². The normalized spacial score (nSPS) is 11.0. The van der Waals surface area contributed by atoms with E-state index < -0.39 is 11.6 Å². The summed E-state index contributed by atoms with van der Waals surface area (Å²) in [6, 6.07) is 10.6. The second-order valence-electron chi connectivity index (χ2n) is 4.76. The van der Waals surface area contributed by atoms with E-state index in [2.05, 4.69) is 4.98 Å². The number of hydrogen-bond acceptors (Lipinski definition) is 3. The zero-order valence-electron chi connectivity index (χ0n) is 11.9. The highest BCUT2D eigenvalue weighted by Crippen LogP contribution is 2.23. The van der Waals surface area contributed by atoms with Gasteiger partial charge in [-0.25, -0.2) is 8.78 Å². The summed E-state index contributed by atoms with van der Waals surface area (Å²) in [6.07, 6.45) is 5.02. The lowest BCUT2D eigenvalue weighted by Gasteiger charge is -1.97. The third-order valence-corrected chi connectivity index (χ3v) is 3.19. The largest absolute Gasteiger partial charge is 0.457 e. The fraction of sp³-hybridized carbons (Fsp3) is 0. The Morgan fingerprint density at radius 3 is 2.57 bits per heavy atom. The van der Waals surface area contributed by atoms with Crippen molar-refractivity contribution in [3.63, 3.8) is 0 Å². The van der Waals surface area contributed by atoms with Crippen molar-refractivity contribution in [1.82, 2.24) is 4.98 Å². The molecule has 0 spiro atoms. The molecule has 0 atom stereocenters. The predicted octanol–water partition coefficient (Wildman–Crippen LogP) is 4.52. The first-order valence-electron chi connectivity index (χ1n) is 6.81. The average molecular weight is 311 g/mol.